The molecule has 230 valence electrons. The highest BCUT2D eigenvalue weighted by molar-refractivity contribution is 7.90. The van der Waals surface area contributed by atoms with Crippen LogP contribution in [0.1, 0.15) is 67.9 Å². The number of nitrogens with zero attached hydrogens (tertiary/aromatic N) is 1. The van der Waals surface area contributed by atoms with Gasteiger partial charge < -0.3 is 14.7 Å². The van der Waals surface area contributed by atoms with Crippen LogP contribution in [0.5, 0.6) is 5.75 Å². The van der Waals surface area contributed by atoms with E-state index < -0.39 is 27.3 Å². The van der Waals surface area contributed by atoms with Gasteiger partial charge in [0, 0.05) is 35.0 Å². The number of carbonyl (C=O) groups is 1. The third-order valence-electron chi connectivity index (χ3n) is 9.83. The molecule has 7 nitrogen and oxygen atoms in total. The predicted molar refractivity (Wildman–Crippen MR) is 170 cm³/mol. The Labute approximate surface area is 260 Å². The molecule has 2 bridgehead atoms. The lowest BCUT2D eigenvalue weighted by Crippen LogP contribution is -2.47. The summed E-state index contributed by atoms with van der Waals surface area (Å²) in [6.07, 6.45) is 9.29. The molecule has 1 spiro atoms. The van der Waals surface area contributed by atoms with Crippen molar-refractivity contribution in [2.75, 3.05) is 24.6 Å². The summed E-state index contributed by atoms with van der Waals surface area (Å²) in [5.41, 5.74) is 4.22. The van der Waals surface area contributed by atoms with Crippen molar-refractivity contribution < 1.29 is 23.1 Å². The van der Waals surface area contributed by atoms with E-state index in [1.54, 1.807) is 24.3 Å². The molecular weight excluding hydrogens is 584 g/mol. The summed E-state index contributed by atoms with van der Waals surface area (Å²) in [5, 5.41) is 11.1. The predicted octanol–water partition coefficient (Wildman–Crippen LogP) is 5.80. The van der Waals surface area contributed by atoms with Crippen molar-refractivity contribution in [3.05, 3.63) is 81.9 Å². The molecule has 0 aromatic heterocycles. The van der Waals surface area contributed by atoms with Crippen LogP contribution in [-0.2, 0) is 21.9 Å². The number of carbonyl (C=O) groups excluding carboxylic acids is 1. The van der Waals surface area contributed by atoms with Gasteiger partial charge in [0.2, 0.25) is 10.0 Å². The van der Waals surface area contributed by atoms with Gasteiger partial charge in [0.1, 0.15) is 5.75 Å². The zero-order chi connectivity index (χ0) is 30.5. The Hall–Kier alpha value is -2.81. The largest absolute Gasteiger partial charge is 0.490 e. The molecule has 0 saturated heterocycles. The van der Waals surface area contributed by atoms with Crippen LogP contribution in [0.2, 0.25) is 5.02 Å². The molecule has 4 aliphatic rings. The van der Waals surface area contributed by atoms with E-state index in [0.717, 1.165) is 42.0 Å². The molecule has 2 aromatic rings. The average Bonchev–Trinajstić information content (AvgIpc) is 3.07. The highest BCUT2D eigenvalue weighted by atomic mass is 35.5. The van der Waals surface area contributed by atoms with E-state index in [1.807, 2.05) is 32.9 Å². The number of hydrogen-bond acceptors (Lipinski definition) is 6. The lowest BCUT2D eigenvalue weighted by atomic mass is 9.70. The maximum atomic E-state index is 13.6. The SMILES string of the molecule is CC(C)[C@H]1[C@@H](C)C/C=C/[C@H](O)C2=CC[C@H]2CN2C[C@@]3(CCCc4cc(Cl)ccc43)COc3ccc(cc32)C(=O)NS1(=O)=O. The van der Waals surface area contributed by atoms with Crippen LogP contribution in [0.4, 0.5) is 5.69 Å². The van der Waals surface area contributed by atoms with Gasteiger partial charge in [-0.05, 0) is 91.0 Å². The van der Waals surface area contributed by atoms with Gasteiger partial charge in [-0.3, -0.25) is 4.79 Å². The summed E-state index contributed by atoms with van der Waals surface area (Å²) < 4.78 is 36.0. The van der Waals surface area contributed by atoms with E-state index >= 15 is 0 Å². The first-order valence-corrected chi connectivity index (χ1v) is 17.3. The molecule has 1 amide bonds. The van der Waals surface area contributed by atoms with E-state index in [4.69, 9.17) is 16.3 Å². The van der Waals surface area contributed by atoms with Crippen molar-refractivity contribution in [3.8, 4) is 5.75 Å². The number of sulfonamides is 1. The van der Waals surface area contributed by atoms with Gasteiger partial charge >= 0.3 is 0 Å². The van der Waals surface area contributed by atoms with E-state index in [-0.39, 0.29) is 28.7 Å². The number of amides is 1. The van der Waals surface area contributed by atoms with Crippen molar-refractivity contribution in [2.24, 2.45) is 17.8 Å². The zero-order valence-electron chi connectivity index (χ0n) is 25.1. The number of aryl methyl sites for hydroxylation is 1. The Morgan fingerprint density at radius 2 is 1.98 bits per heavy atom. The first-order valence-electron chi connectivity index (χ1n) is 15.4. The second kappa shape index (κ2) is 11.6. The van der Waals surface area contributed by atoms with Gasteiger partial charge in [0.15, 0.2) is 0 Å². The Morgan fingerprint density at radius 3 is 2.72 bits per heavy atom. The molecule has 2 aliphatic heterocycles. The summed E-state index contributed by atoms with van der Waals surface area (Å²) in [6, 6.07) is 11.3. The summed E-state index contributed by atoms with van der Waals surface area (Å²) in [6.45, 7) is 7.39. The van der Waals surface area contributed by atoms with Gasteiger partial charge in [0.05, 0.1) is 23.6 Å². The van der Waals surface area contributed by atoms with Crippen LogP contribution in [0.15, 0.2) is 60.2 Å². The fraction of sp³-hybridized carbons (Fsp3) is 0.500. The fourth-order valence-electron chi connectivity index (χ4n) is 7.73. The quantitative estimate of drug-likeness (QED) is 0.390. The maximum absolute atomic E-state index is 13.6. The molecule has 6 rings (SSSR count). The first-order chi connectivity index (χ1) is 20.5. The minimum Gasteiger partial charge on any atom is -0.490 e. The third kappa shape index (κ3) is 5.74. The zero-order valence-corrected chi connectivity index (χ0v) is 26.6. The second-order valence-electron chi connectivity index (χ2n) is 13.2. The molecule has 43 heavy (non-hydrogen) atoms. The number of anilines is 1. The summed E-state index contributed by atoms with van der Waals surface area (Å²) in [5.74, 6) is -0.302. The van der Waals surface area contributed by atoms with Crippen LogP contribution in [0.25, 0.3) is 0 Å². The Morgan fingerprint density at radius 1 is 1.16 bits per heavy atom. The standard InChI is InChI=1S/C34H41ClN2O5S/c1-21(2)32-22(3)6-4-8-30(38)27-12-9-25(27)18-37-19-34(15-5-7-23-16-26(35)11-13-28(23)34)20-42-31-14-10-24(17-29(31)37)33(39)36-43(32,40)41/h4,8,10-14,16-17,21-22,25,30,32,38H,5-7,9,15,18-20H2,1-3H3,(H,36,39)/b8-4+/t22-,25-,30-,32-,34-/m0/s1. The number of nitrogens with one attached hydrogen (secondary N) is 1. The normalized spacial score (nSPS) is 31.1. The van der Waals surface area contributed by atoms with Crippen LogP contribution >= 0.6 is 11.6 Å². The van der Waals surface area contributed by atoms with E-state index in [1.165, 1.54) is 11.1 Å². The molecule has 0 radical (unpaired) electrons. The van der Waals surface area contributed by atoms with Gasteiger partial charge in [-0.2, -0.15) is 0 Å². The smallest absolute Gasteiger partial charge is 0.264 e. The molecule has 5 atom stereocenters. The number of benzene rings is 2. The van der Waals surface area contributed by atoms with E-state index in [2.05, 4.69) is 27.8 Å². The molecule has 0 fully saturated rings. The number of rotatable bonds is 1. The van der Waals surface area contributed by atoms with Crippen LogP contribution in [0.3, 0.4) is 0 Å². The van der Waals surface area contributed by atoms with Crippen molar-refractivity contribution in [3.63, 3.8) is 0 Å². The Kier molecular flexibility index (Phi) is 8.16. The number of allylic oxidation sites excluding steroid dienone is 2. The topological polar surface area (TPSA) is 95.9 Å². The van der Waals surface area contributed by atoms with E-state index in [0.29, 0.717) is 31.9 Å². The third-order valence-corrected chi connectivity index (χ3v) is 12.3. The van der Waals surface area contributed by atoms with Gasteiger partial charge in [-0.1, -0.05) is 56.7 Å². The molecular formula is C34H41ClN2O5S. The van der Waals surface area contributed by atoms with Crippen molar-refractivity contribution in [2.45, 2.75) is 69.6 Å². The summed E-state index contributed by atoms with van der Waals surface area (Å²) >= 11 is 6.39. The highest BCUT2D eigenvalue weighted by Gasteiger charge is 2.43. The fourth-order valence-corrected chi connectivity index (χ4v) is 9.88. The van der Waals surface area contributed by atoms with Crippen LogP contribution in [0, 0.1) is 17.8 Å². The minimum absolute atomic E-state index is 0.141. The maximum Gasteiger partial charge on any atom is 0.264 e. The Bertz CT molecular complexity index is 1580. The summed E-state index contributed by atoms with van der Waals surface area (Å²) in [4.78, 5) is 15.8. The molecule has 0 unspecified atom stereocenters. The molecule has 0 saturated carbocycles. The van der Waals surface area contributed by atoms with Gasteiger partial charge in [-0.15, -0.1) is 0 Å². The minimum atomic E-state index is -3.98. The van der Waals surface area contributed by atoms with Crippen LogP contribution < -0.4 is 14.4 Å². The Balaban J connectivity index is 1.43. The molecule has 2 aliphatic carbocycles. The first kappa shape index (κ1) is 30.2. The van der Waals surface area contributed by atoms with Crippen LogP contribution in [-0.4, -0.2) is 50.5 Å². The van der Waals surface area contributed by atoms with Crippen molar-refractivity contribution >= 4 is 33.2 Å². The monoisotopic (exact) mass is 624 g/mol. The average molecular weight is 625 g/mol. The number of fused-ring (bicyclic) bond motifs is 4. The number of halogens is 1. The highest BCUT2D eigenvalue weighted by Crippen LogP contribution is 2.46. The second-order valence-corrected chi connectivity index (χ2v) is 15.5. The number of hydrogen-bond donors (Lipinski definition) is 2. The molecule has 9 heteroatoms. The molecule has 2 heterocycles. The molecule has 2 aromatic carbocycles. The van der Waals surface area contributed by atoms with E-state index in [9.17, 15) is 18.3 Å². The van der Waals surface area contributed by atoms with Gasteiger partial charge in [0.25, 0.3) is 5.91 Å². The summed E-state index contributed by atoms with van der Waals surface area (Å²) in [7, 11) is -3.98. The van der Waals surface area contributed by atoms with Crippen molar-refractivity contribution in [1.29, 1.82) is 0 Å². The number of aliphatic hydroxyl groups is 1. The van der Waals surface area contributed by atoms with Crippen molar-refractivity contribution in [1.82, 2.24) is 4.72 Å². The lowest BCUT2D eigenvalue weighted by Gasteiger charge is -2.42. The lowest BCUT2D eigenvalue weighted by molar-refractivity contribution is 0.0980. The number of aliphatic hydroxyl groups excluding tert-OH is 1. The van der Waals surface area contributed by atoms with Gasteiger partial charge in [-0.25, -0.2) is 13.1 Å². The molecule has 2 N–H and O–H groups in total. The number of ether oxygens (including phenoxy) is 1.